The van der Waals surface area contributed by atoms with Gasteiger partial charge in [-0.15, -0.1) is 0 Å². The summed E-state index contributed by atoms with van der Waals surface area (Å²) in [6.07, 6.45) is 2.80. The highest BCUT2D eigenvalue weighted by molar-refractivity contribution is 6.30. The van der Waals surface area contributed by atoms with E-state index in [1.807, 2.05) is 12.1 Å². The van der Waals surface area contributed by atoms with Gasteiger partial charge in [-0.1, -0.05) is 35.0 Å². The van der Waals surface area contributed by atoms with Crippen LogP contribution in [-0.2, 0) is 18.3 Å². The SMILES string of the molecule is Cn1c2c(c3ccccc31)/C(=N/OC(=O)c1ccc(Cl)cc1)CCC2. The molecule has 0 radical (unpaired) electrons. The lowest BCUT2D eigenvalue weighted by molar-refractivity contribution is 0.0515. The van der Waals surface area contributed by atoms with Gasteiger partial charge in [-0.3, -0.25) is 0 Å². The molecule has 126 valence electrons. The summed E-state index contributed by atoms with van der Waals surface area (Å²) >= 11 is 5.85. The van der Waals surface area contributed by atoms with Crippen LogP contribution in [0.2, 0.25) is 5.02 Å². The van der Waals surface area contributed by atoms with Gasteiger partial charge in [0.15, 0.2) is 0 Å². The highest BCUT2D eigenvalue weighted by Crippen LogP contribution is 2.31. The van der Waals surface area contributed by atoms with Crippen molar-refractivity contribution in [1.82, 2.24) is 4.57 Å². The molecule has 1 aromatic heterocycles. The average molecular weight is 353 g/mol. The van der Waals surface area contributed by atoms with Crippen LogP contribution in [0.3, 0.4) is 0 Å². The van der Waals surface area contributed by atoms with E-state index in [4.69, 9.17) is 16.4 Å². The first kappa shape index (κ1) is 15.9. The van der Waals surface area contributed by atoms with Crippen LogP contribution in [0.15, 0.2) is 53.7 Å². The number of carbonyl (C=O) groups excluding carboxylic acids is 1. The van der Waals surface area contributed by atoms with Gasteiger partial charge in [0.2, 0.25) is 0 Å². The van der Waals surface area contributed by atoms with E-state index in [1.165, 1.54) is 11.2 Å². The Morgan fingerprint density at radius 2 is 1.88 bits per heavy atom. The normalized spacial score (nSPS) is 15.4. The molecule has 0 atom stereocenters. The third-order valence-corrected chi connectivity index (χ3v) is 4.91. The van der Waals surface area contributed by atoms with Crippen LogP contribution >= 0.6 is 11.6 Å². The van der Waals surface area contributed by atoms with Gasteiger partial charge in [-0.25, -0.2) is 4.79 Å². The van der Waals surface area contributed by atoms with E-state index in [0.29, 0.717) is 10.6 Å². The topological polar surface area (TPSA) is 43.6 Å². The molecule has 4 nitrogen and oxygen atoms in total. The molecule has 2 aromatic carbocycles. The Labute approximate surface area is 150 Å². The quantitative estimate of drug-likeness (QED) is 0.494. The fraction of sp³-hybridized carbons (Fsp3) is 0.200. The minimum Gasteiger partial charge on any atom is -0.347 e. The van der Waals surface area contributed by atoms with E-state index < -0.39 is 5.97 Å². The van der Waals surface area contributed by atoms with Crippen LogP contribution in [0, 0.1) is 0 Å². The van der Waals surface area contributed by atoms with Crippen molar-refractivity contribution in [3.63, 3.8) is 0 Å². The number of hydrogen-bond donors (Lipinski definition) is 0. The Morgan fingerprint density at radius 3 is 2.68 bits per heavy atom. The Hall–Kier alpha value is -2.59. The molecule has 0 fully saturated rings. The van der Waals surface area contributed by atoms with Crippen molar-refractivity contribution in [1.29, 1.82) is 0 Å². The maximum atomic E-state index is 12.2. The van der Waals surface area contributed by atoms with Crippen molar-refractivity contribution in [2.75, 3.05) is 0 Å². The van der Waals surface area contributed by atoms with Crippen LogP contribution < -0.4 is 0 Å². The molecule has 0 amide bonds. The smallest absolute Gasteiger partial charge is 0.347 e. The highest BCUT2D eigenvalue weighted by atomic mass is 35.5. The molecule has 3 aromatic rings. The lowest BCUT2D eigenvalue weighted by Crippen LogP contribution is -2.14. The standard InChI is InChI=1S/C20H17ClN2O2/c1-23-17-7-3-2-5-15(17)19-16(6-4-8-18(19)23)22-25-20(24)13-9-11-14(21)12-10-13/h2-3,5,7,9-12H,4,6,8H2,1H3/b22-16+. The van der Waals surface area contributed by atoms with Crippen molar-refractivity contribution < 1.29 is 9.63 Å². The summed E-state index contributed by atoms with van der Waals surface area (Å²) in [5, 5.41) is 5.94. The minimum atomic E-state index is -0.475. The molecule has 0 unspecified atom stereocenters. The first-order chi connectivity index (χ1) is 12.1. The summed E-state index contributed by atoms with van der Waals surface area (Å²) < 4.78 is 2.21. The molecule has 0 spiro atoms. The molecule has 0 aliphatic heterocycles. The zero-order valence-corrected chi connectivity index (χ0v) is 14.6. The Morgan fingerprint density at radius 1 is 1.12 bits per heavy atom. The predicted molar refractivity (Wildman–Crippen MR) is 99.3 cm³/mol. The average Bonchev–Trinajstić information content (AvgIpc) is 2.94. The number of nitrogens with zero attached hydrogens (tertiary/aromatic N) is 2. The zero-order chi connectivity index (χ0) is 17.4. The molecular weight excluding hydrogens is 336 g/mol. The molecule has 0 saturated heterocycles. The number of fused-ring (bicyclic) bond motifs is 3. The first-order valence-corrected chi connectivity index (χ1v) is 8.63. The highest BCUT2D eigenvalue weighted by Gasteiger charge is 2.24. The minimum absolute atomic E-state index is 0.433. The number of aromatic nitrogens is 1. The number of oxime groups is 1. The lowest BCUT2D eigenvalue weighted by Gasteiger charge is -2.15. The summed E-state index contributed by atoms with van der Waals surface area (Å²) in [6, 6.07) is 14.8. The molecule has 0 saturated carbocycles. The summed E-state index contributed by atoms with van der Waals surface area (Å²) in [4.78, 5) is 17.4. The largest absolute Gasteiger partial charge is 0.365 e. The van der Waals surface area contributed by atoms with Crippen molar-refractivity contribution in [3.05, 3.63) is 70.4 Å². The third kappa shape index (κ3) is 2.83. The predicted octanol–water partition coefficient (Wildman–Crippen LogP) is 4.73. The van der Waals surface area contributed by atoms with Crippen molar-refractivity contribution in [3.8, 4) is 0 Å². The molecular formula is C20H17ClN2O2. The van der Waals surface area contributed by atoms with E-state index in [-0.39, 0.29) is 0 Å². The van der Waals surface area contributed by atoms with Gasteiger partial charge in [-0.2, -0.15) is 0 Å². The summed E-state index contributed by atoms with van der Waals surface area (Å²) in [5.74, 6) is -0.475. The van der Waals surface area contributed by atoms with E-state index in [2.05, 4.69) is 28.9 Å². The van der Waals surface area contributed by atoms with Crippen LogP contribution in [0.1, 0.15) is 34.5 Å². The molecule has 1 aliphatic carbocycles. The number of aryl methyl sites for hydroxylation is 1. The second-order valence-corrected chi connectivity index (χ2v) is 6.61. The summed E-state index contributed by atoms with van der Waals surface area (Å²) in [6.45, 7) is 0. The van der Waals surface area contributed by atoms with Crippen LogP contribution in [0.5, 0.6) is 0 Å². The van der Waals surface area contributed by atoms with Crippen molar-refractivity contribution >= 4 is 34.2 Å². The van der Waals surface area contributed by atoms with Crippen molar-refractivity contribution in [2.45, 2.75) is 19.3 Å². The third-order valence-electron chi connectivity index (χ3n) is 4.66. The van der Waals surface area contributed by atoms with Crippen LogP contribution in [-0.4, -0.2) is 16.2 Å². The number of carbonyl (C=O) groups is 1. The van der Waals surface area contributed by atoms with Crippen LogP contribution in [0.4, 0.5) is 0 Å². The second kappa shape index (κ2) is 6.37. The van der Waals surface area contributed by atoms with Crippen molar-refractivity contribution in [2.24, 2.45) is 12.2 Å². The molecule has 5 heteroatoms. The molecule has 4 rings (SSSR count). The van der Waals surface area contributed by atoms with Gasteiger partial charge < -0.3 is 9.40 Å². The van der Waals surface area contributed by atoms with E-state index in [9.17, 15) is 4.79 Å². The van der Waals surface area contributed by atoms with Gasteiger partial charge in [-0.05, 0) is 49.6 Å². The molecule has 0 N–H and O–H groups in total. The van der Waals surface area contributed by atoms with Gasteiger partial charge in [0.25, 0.3) is 0 Å². The number of rotatable bonds is 2. The molecule has 1 heterocycles. The summed E-state index contributed by atoms with van der Waals surface area (Å²) in [5.41, 5.74) is 4.79. The Kier molecular flexibility index (Phi) is 4.06. The number of para-hydroxylation sites is 1. The number of halogens is 1. The van der Waals surface area contributed by atoms with E-state index >= 15 is 0 Å². The van der Waals surface area contributed by atoms with E-state index in [1.54, 1.807) is 24.3 Å². The second-order valence-electron chi connectivity index (χ2n) is 6.18. The lowest BCUT2D eigenvalue weighted by atomic mass is 9.93. The number of benzene rings is 2. The number of hydrogen-bond acceptors (Lipinski definition) is 3. The fourth-order valence-corrected chi connectivity index (χ4v) is 3.56. The first-order valence-electron chi connectivity index (χ1n) is 8.25. The Bertz CT molecular complexity index is 987. The maximum Gasteiger partial charge on any atom is 0.365 e. The molecule has 1 aliphatic rings. The Balaban J connectivity index is 1.69. The van der Waals surface area contributed by atoms with Gasteiger partial charge in [0.05, 0.1) is 11.3 Å². The van der Waals surface area contributed by atoms with Crippen LogP contribution in [0.25, 0.3) is 10.9 Å². The zero-order valence-electron chi connectivity index (χ0n) is 13.8. The van der Waals surface area contributed by atoms with E-state index in [0.717, 1.165) is 35.9 Å². The molecule has 25 heavy (non-hydrogen) atoms. The maximum absolute atomic E-state index is 12.2. The van der Waals surface area contributed by atoms with Gasteiger partial charge >= 0.3 is 5.97 Å². The van der Waals surface area contributed by atoms with Gasteiger partial charge in [0, 0.05) is 34.2 Å². The monoisotopic (exact) mass is 352 g/mol. The summed E-state index contributed by atoms with van der Waals surface area (Å²) in [7, 11) is 2.07. The molecule has 0 bridgehead atoms. The fourth-order valence-electron chi connectivity index (χ4n) is 3.44. The van der Waals surface area contributed by atoms with Gasteiger partial charge in [0.1, 0.15) is 0 Å².